The maximum absolute atomic E-state index is 14.9. The van der Waals surface area contributed by atoms with Gasteiger partial charge in [-0.1, -0.05) is 19.1 Å². The van der Waals surface area contributed by atoms with Gasteiger partial charge in [-0.2, -0.15) is 0 Å². The first kappa shape index (κ1) is 14.8. The standard InChI is InChI=1S/C19H17F3O/c1-9-3-6-14(23-8-9)12-5-4-11-13-7-10(2)17(20)19(22)16(13)15(11)18(12)21/h4-5,7,9,14H,3,6,8H2,1-2H3. The van der Waals surface area contributed by atoms with Gasteiger partial charge in [-0.3, -0.25) is 0 Å². The van der Waals surface area contributed by atoms with Crippen LogP contribution in [0.2, 0.25) is 0 Å². The Morgan fingerprint density at radius 3 is 2.39 bits per heavy atom. The molecule has 1 fully saturated rings. The van der Waals surface area contributed by atoms with Gasteiger partial charge < -0.3 is 4.74 Å². The fraction of sp³-hybridized carbons (Fsp3) is 0.368. The molecule has 2 aromatic rings. The molecule has 2 atom stereocenters. The van der Waals surface area contributed by atoms with Crippen molar-refractivity contribution in [3.8, 4) is 22.3 Å². The van der Waals surface area contributed by atoms with E-state index >= 15 is 0 Å². The van der Waals surface area contributed by atoms with Crippen molar-refractivity contribution in [2.24, 2.45) is 5.92 Å². The van der Waals surface area contributed by atoms with Gasteiger partial charge in [0.15, 0.2) is 11.6 Å². The van der Waals surface area contributed by atoms with Crippen molar-refractivity contribution in [2.75, 3.05) is 6.61 Å². The molecule has 0 aromatic heterocycles. The van der Waals surface area contributed by atoms with E-state index in [0.29, 0.717) is 29.2 Å². The molecule has 0 saturated carbocycles. The van der Waals surface area contributed by atoms with E-state index in [0.717, 1.165) is 12.8 Å². The molecule has 1 nitrogen and oxygen atoms in total. The molecule has 4 heteroatoms. The zero-order valence-corrected chi connectivity index (χ0v) is 13.1. The molecular weight excluding hydrogens is 301 g/mol. The van der Waals surface area contributed by atoms with Crippen LogP contribution in [-0.4, -0.2) is 6.61 Å². The Kier molecular flexibility index (Phi) is 3.27. The van der Waals surface area contributed by atoms with E-state index < -0.39 is 17.5 Å². The highest BCUT2D eigenvalue weighted by molar-refractivity contribution is 6.03. The molecule has 2 aromatic carbocycles. The fourth-order valence-electron chi connectivity index (χ4n) is 3.59. The smallest absolute Gasteiger partial charge is 0.167 e. The molecule has 0 spiro atoms. The number of benzene rings is 2. The molecule has 0 bridgehead atoms. The highest BCUT2D eigenvalue weighted by Crippen LogP contribution is 2.52. The van der Waals surface area contributed by atoms with Crippen molar-refractivity contribution in [3.05, 3.63) is 46.8 Å². The number of fused-ring (bicyclic) bond motifs is 4. The first-order valence-electron chi connectivity index (χ1n) is 7.92. The summed E-state index contributed by atoms with van der Waals surface area (Å²) in [6, 6.07) is 5.08. The summed E-state index contributed by atoms with van der Waals surface area (Å²) in [6.45, 7) is 4.21. The second-order valence-electron chi connectivity index (χ2n) is 6.64. The number of halogens is 3. The Balaban J connectivity index is 1.79. The van der Waals surface area contributed by atoms with Gasteiger partial charge in [-0.05, 0) is 48.4 Å². The molecular formula is C19H17F3O. The van der Waals surface area contributed by atoms with E-state index in [2.05, 4.69) is 6.92 Å². The van der Waals surface area contributed by atoms with Gasteiger partial charge in [-0.15, -0.1) is 0 Å². The normalized spacial score (nSPS) is 22.3. The summed E-state index contributed by atoms with van der Waals surface area (Å²) in [6.07, 6.45) is 1.41. The molecule has 4 rings (SSSR count). The first-order chi connectivity index (χ1) is 11.0. The van der Waals surface area contributed by atoms with Crippen LogP contribution in [0.25, 0.3) is 22.3 Å². The van der Waals surface area contributed by atoms with Crippen molar-refractivity contribution in [1.29, 1.82) is 0 Å². The summed E-state index contributed by atoms with van der Waals surface area (Å²) in [7, 11) is 0. The van der Waals surface area contributed by atoms with E-state index in [4.69, 9.17) is 4.74 Å². The number of hydrogen-bond donors (Lipinski definition) is 0. The molecule has 1 heterocycles. The summed E-state index contributed by atoms with van der Waals surface area (Å²) in [4.78, 5) is 0. The zero-order chi connectivity index (χ0) is 16.3. The van der Waals surface area contributed by atoms with Crippen LogP contribution in [0.5, 0.6) is 0 Å². The molecule has 120 valence electrons. The van der Waals surface area contributed by atoms with E-state index in [1.807, 2.05) is 0 Å². The van der Waals surface area contributed by atoms with E-state index in [1.54, 1.807) is 18.2 Å². The predicted molar refractivity (Wildman–Crippen MR) is 82.6 cm³/mol. The second kappa shape index (κ2) is 5.10. The highest BCUT2D eigenvalue weighted by Gasteiger charge is 2.35. The third-order valence-electron chi connectivity index (χ3n) is 4.95. The third kappa shape index (κ3) is 2.04. The molecule has 0 amide bonds. The minimum absolute atomic E-state index is 0.0617. The average molecular weight is 318 g/mol. The van der Waals surface area contributed by atoms with Gasteiger partial charge in [0.05, 0.1) is 6.10 Å². The largest absolute Gasteiger partial charge is 0.373 e. The SMILES string of the molecule is Cc1cc2c(c(F)c1F)-c1c-2ccc(C2CCC(C)CO2)c1F. The molecule has 2 unspecified atom stereocenters. The summed E-state index contributed by atoms with van der Waals surface area (Å²) in [5, 5.41) is 0. The minimum atomic E-state index is -0.957. The van der Waals surface area contributed by atoms with Crippen LogP contribution in [0.4, 0.5) is 13.2 Å². The lowest BCUT2D eigenvalue weighted by Crippen LogP contribution is -2.20. The summed E-state index contributed by atoms with van der Waals surface area (Å²) in [5.74, 6) is -1.86. The number of hydrogen-bond acceptors (Lipinski definition) is 1. The van der Waals surface area contributed by atoms with Gasteiger partial charge in [0, 0.05) is 23.3 Å². The quantitative estimate of drug-likeness (QED) is 0.572. The first-order valence-corrected chi connectivity index (χ1v) is 7.92. The van der Waals surface area contributed by atoms with Crippen LogP contribution in [0.3, 0.4) is 0 Å². The predicted octanol–water partition coefficient (Wildman–Crippen LogP) is 5.55. The highest BCUT2D eigenvalue weighted by atomic mass is 19.2. The number of ether oxygens (including phenoxy) is 1. The van der Waals surface area contributed by atoms with Crippen molar-refractivity contribution in [3.63, 3.8) is 0 Å². The van der Waals surface area contributed by atoms with Crippen molar-refractivity contribution in [2.45, 2.75) is 32.8 Å². The molecule has 0 radical (unpaired) electrons. The maximum Gasteiger partial charge on any atom is 0.167 e. The van der Waals surface area contributed by atoms with Crippen LogP contribution in [0, 0.1) is 30.3 Å². The van der Waals surface area contributed by atoms with Crippen molar-refractivity contribution < 1.29 is 17.9 Å². The number of rotatable bonds is 1. The minimum Gasteiger partial charge on any atom is -0.373 e. The van der Waals surface area contributed by atoms with Crippen molar-refractivity contribution in [1.82, 2.24) is 0 Å². The summed E-state index contributed by atoms with van der Waals surface area (Å²) in [5.41, 5.74) is 2.16. The Morgan fingerprint density at radius 1 is 0.957 bits per heavy atom. The van der Waals surface area contributed by atoms with E-state index in [1.165, 1.54) is 6.92 Å². The van der Waals surface area contributed by atoms with Gasteiger partial charge >= 0.3 is 0 Å². The lowest BCUT2D eigenvalue weighted by molar-refractivity contribution is -0.0141. The van der Waals surface area contributed by atoms with Gasteiger partial charge in [0.25, 0.3) is 0 Å². The Bertz CT molecular complexity index is 805. The molecule has 2 aliphatic rings. The van der Waals surface area contributed by atoms with E-state index in [9.17, 15) is 13.2 Å². The van der Waals surface area contributed by atoms with Crippen molar-refractivity contribution >= 4 is 0 Å². The molecule has 23 heavy (non-hydrogen) atoms. The van der Waals surface area contributed by atoms with Crippen LogP contribution in [0.1, 0.15) is 37.0 Å². The van der Waals surface area contributed by atoms with Crippen LogP contribution in [0.15, 0.2) is 18.2 Å². The maximum atomic E-state index is 14.9. The Hall–Kier alpha value is -1.81. The Labute approximate surface area is 133 Å². The second-order valence-corrected chi connectivity index (χ2v) is 6.64. The van der Waals surface area contributed by atoms with Crippen LogP contribution < -0.4 is 0 Å². The fourth-order valence-corrected chi connectivity index (χ4v) is 3.59. The Morgan fingerprint density at radius 2 is 1.70 bits per heavy atom. The third-order valence-corrected chi connectivity index (χ3v) is 4.95. The average Bonchev–Trinajstić information content (AvgIpc) is 2.52. The van der Waals surface area contributed by atoms with Gasteiger partial charge in [0.1, 0.15) is 5.82 Å². The van der Waals surface area contributed by atoms with Gasteiger partial charge in [0.2, 0.25) is 0 Å². The van der Waals surface area contributed by atoms with Crippen LogP contribution in [-0.2, 0) is 4.74 Å². The number of aryl methyl sites for hydroxylation is 1. The zero-order valence-electron chi connectivity index (χ0n) is 13.1. The molecule has 1 aliphatic heterocycles. The van der Waals surface area contributed by atoms with Crippen LogP contribution >= 0.6 is 0 Å². The topological polar surface area (TPSA) is 9.23 Å². The molecule has 1 saturated heterocycles. The lowest BCUT2D eigenvalue weighted by Gasteiger charge is -2.31. The molecule has 0 N–H and O–H groups in total. The summed E-state index contributed by atoms with van der Waals surface area (Å²) >= 11 is 0. The molecule has 1 aliphatic carbocycles. The lowest BCUT2D eigenvalue weighted by atomic mass is 9.77. The van der Waals surface area contributed by atoms with E-state index in [-0.39, 0.29) is 22.8 Å². The summed E-state index contributed by atoms with van der Waals surface area (Å²) < 4.78 is 48.7. The van der Waals surface area contributed by atoms with Gasteiger partial charge in [-0.25, -0.2) is 13.2 Å². The monoisotopic (exact) mass is 318 g/mol.